The van der Waals surface area contributed by atoms with E-state index in [-0.39, 0.29) is 23.0 Å². The number of halogens is 2. The smallest absolute Gasteiger partial charge is 0.343 e. The molecule has 2 rings (SSSR count). The van der Waals surface area contributed by atoms with E-state index in [0.29, 0.717) is 15.9 Å². The molecule has 8 heteroatoms. The van der Waals surface area contributed by atoms with Crippen LogP contribution in [0.4, 0.5) is 5.69 Å². The third-order valence-corrected chi connectivity index (χ3v) is 3.05. The number of anilines is 1. The van der Waals surface area contributed by atoms with Crippen molar-refractivity contribution in [3.05, 3.63) is 39.0 Å². The zero-order valence-electron chi connectivity index (χ0n) is 10.4. The molecule has 6 nitrogen and oxygen atoms in total. The van der Waals surface area contributed by atoms with E-state index in [0.717, 1.165) is 0 Å². The molecule has 102 valence electrons. The third kappa shape index (κ3) is 2.59. The van der Waals surface area contributed by atoms with E-state index >= 15 is 0 Å². The van der Waals surface area contributed by atoms with Gasteiger partial charge in [-0.2, -0.15) is 0 Å². The lowest BCUT2D eigenvalue weighted by atomic mass is 10.1. The summed E-state index contributed by atoms with van der Waals surface area (Å²) in [6.45, 7) is 1.85. The second kappa shape index (κ2) is 5.90. The van der Waals surface area contributed by atoms with Crippen molar-refractivity contribution in [3.63, 3.8) is 0 Å². The average Bonchev–Trinajstić information content (AvgIpc) is 2.40. The summed E-state index contributed by atoms with van der Waals surface area (Å²) in [6, 6.07) is 4.86. The van der Waals surface area contributed by atoms with Crippen LogP contribution in [0.5, 0.6) is 0 Å². The maximum absolute atomic E-state index is 11.9. The lowest BCUT2D eigenvalue weighted by molar-refractivity contribution is 0.0527. The Morgan fingerprint density at radius 1 is 1.50 bits per heavy atom. The van der Waals surface area contributed by atoms with Crippen molar-refractivity contribution < 1.29 is 9.53 Å². The largest absolute Gasteiger partial charge is 0.462 e. The monoisotopic (exact) mass is 311 g/mol. The van der Waals surface area contributed by atoms with Gasteiger partial charge in [0.15, 0.2) is 0 Å². The number of hydrogen-bond acceptors (Lipinski definition) is 5. The number of carbonyl (C=O) groups is 1. The molecule has 0 saturated carbocycles. The van der Waals surface area contributed by atoms with E-state index in [2.05, 4.69) is 15.5 Å². The van der Waals surface area contributed by atoms with Gasteiger partial charge in [-0.15, -0.1) is 0 Å². The van der Waals surface area contributed by atoms with Crippen LogP contribution < -0.4 is 5.43 Å². The van der Waals surface area contributed by atoms with Gasteiger partial charge in [0.1, 0.15) is 16.4 Å². The summed E-state index contributed by atoms with van der Waals surface area (Å²) in [4.78, 5) is 16.1. The molecule has 0 spiro atoms. The number of nitrogens with one attached hydrogen (secondary N) is 1. The number of aromatic nitrogens is 1. The Morgan fingerprint density at radius 2 is 2.25 bits per heavy atom. The highest BCUT2D eigenvalue weighted by Gasteiger charge is 2.24. The summed E-state index contributed by atoms with van der Waals surface area (Å²) in [5.74, 6) is -0.668. The van der Waals surface area contributed by atoms with Gasteiger partial charge in [0.25, 0.3) is 5.39 Å². The summed E-state index contributed by atoms with van der Waals surface area (Å²) < 4.78 is 4.92. The summed E-state index contributed by atoms with van der Waals surface area (Å²) in [6.07, 6.45) is 0. The van der Waals surface area contributed by atoms with Crippen molar-refractivity contribution in [1.82, 2.24) is 4.98 Å². The molecule has 0 bridgehead atoms. The van der Waals surface area contributed by atoms with Gasteiger partial charge >= 0.3 is 11.1 Å². The number of fused-ring (bicyclic) bond motifs is 1. The molecule has 1 aromatic carbocycles. The van der Waals surface area contributed by atoms with Crippen molar-refractivity contribution in [2.75, 3.05) is 12.0 Å². The molecule has 0 atom stereocenters. The molecule has 1 heterocycles. The molecule has 2 aromatic rings. The number of carbonyl (C=O) groups excluding carboxylic acids is 1. The highest BCUT2D eigenvalue weighted by atomic mass is 35.5. The van der Waals surface area contributed by atoms with Crippen LogP contribution in [-0.2, 0) is 4.74 Å². The van der Waals surface area contributed by atoms with Gasteiger partial charge in [0.2, 0.25) is 0 Å². The van der Waals surface area contributed by atoms with Crippen LogP contribution in [0.3, 0.4) is 0 Å². The van der Waals surface area contributed by atoms with Crippen LogP contribution in [0.15, 0.2) is 18.2 Å². The Morgan fingerprint density at radius 3 is 2.90 bits per heavy atom. The number of benzene rings is 1. The first-order valence-corrected chi connectivity index (χ1v) is 6.40. The standard InChI is InChI=1S/C12H8Cl2N4O2/c1-2-20-12(19)9-10(17-18-15)7-5-6(13)3-4-8(7)16-11(9)14/h3-5H,2H2,1H3/p+1. The third-order valence-electron chi connectivity index (χ3n) is 2.54. The molecule has 0 aliphatic rings. The van der Waals surface area contributed by atoms with E-state index in [9.17, 15) is 4.79 Å². The number of esters is 1. The molecule has 0 radical (unpaired) electrons. The molecule has 1 N–H and O–H groups in total. The second-order valence-corrected chi connectivity index (χ2v) is 4.54. The van der Waals surface area contributed by atoms with Gasteiger partial charge in [-0.25, -0.2) is 9.78 Å². The number of hydrogen-bond donors (Lipinski definition) is 1. The van der Waals surface area contributed by atoms with Crippen LogP contribution in [0.1, 0.15) is 17.3 Å². The van der Waals surface area contributed by atoms with Gasteiger partial charge in [-0.05, 0) is 30.5 Å². The van der Waals surface area contributed by atoms with E-state index in [4.69, 9.17) is 33.3 Å². The topological polar surface area (TPSA) is 79.4 Å². The molecule has 0 saturated heterocycles. The first-order chi connectivity index (χ1) is 9.58. The normalized spacial score (nSPS) is 10.1. The molecule has 0 amide bonds. The van der Waals surface area contributed by atoms with E-state index in [1.165, 1.54) is 0 Å². The van der Waals surface area contributed by atoms with E-state index in [1.54, 1.807) is 25.1 Å². The first-order valence-electron chi connectivity index (χ1n) is 5.64. The van der Waals surface area contributed by atoms with Gasteiger partial charge in [0.05, 0.1) is 12.1 Å². The number of nitrogens with zero attached hydrogens (tertiary/aromatic N) is 3. The predicted octanol–water partition coefficient (Wildman–Crippen LogP) is 3.90. The summed E-state index contributed by atoms with van der Waals surface area (Å²) in [5.41, 5.74) is 2.99. The fourth-order valence-electron chi connectivity index (χ4n) is 1.76. The van der Waals surface area contributed by atoms with Gasteiger partial charge in [-0.3, -0.25) is 0 Å². The molecule has 0 aliphatic carbocycles. The van der Waals surface area contributed by atoms with Crippen LogP contribution in [0, 0.1) is 5.39 Å². The maximum Gasteiger partial charge on any atom is 0.343 e. The molecule has 20 heavy (non-hydrogen) atoms. The molecule has 0 fully saturated rings. The molecule has 0 unspecified atom stereocenters. The summed E-state index contributed by atoms with van der Waals surface area (Å²) in [7, 11) is 0. The van der Waals surface area contributed by atoms with Crippen molar-refractivity contribution in [2.45, 2.75) is 6.92 Å². The summed E-state index contributed by atoms with van der Waals surface area (Å²) in [5, 5.41) is 12.5. The van der Waals surface area contributed by atoms with Crippen LogP contribution in [0.2, 0.25) is 10.2 Å². The van der Waals surface area contributed by atoms with Crippen molar-refractivity contribution in [3.8, 4) is 0 Å². The minimum absolute atomic E-state index is 0.0129. The Hall–Kier alpha value is -2.10. The highest BCUT2D eigenvalue weighted by molar-refractivity contribution is 6.35. The molecule has 1 aromatic heterocycles. The minimum atomic E-state index is -0.668. The van der Waals surface area contributed by atoms with Crippen molar-refractivity contribution in [2.24, 2.45) is 0 Å². The predicted molar refractivity (Wildman–Crippen MR) is 76.4 cm³/mol. The van der Waals surface area contributed by atoms with Crippen LogP contribution in [-0.4, -0.2) is 17.6 Å². The maximum atomic E-state index is 11.9. The lowest BCUT2D eigenvalue weighted by Crippen LogP contribution is -2.10. The van der Waals surface area contributed by atoms with Gasteiger partial charge in [0, 0.05) is 10.4 Å². The molecular weight excluding hydrogens is 303 g/mol. The fourth-order valence-corrected chi connectivity index (χ4v) is 2.20. The Bertz CT molecular complexity index is 727. The number of diazo groups is 1. The SMILES string of the molecule is CCOC(=O)c1c(Cl)nc2ccc(Cl)cc2c1N[N+]#N. The quantitative estimate of drug-likeness (QED) is 0.402. The number of ether oxygens (including phenoxy) is 1. The minimum Gasteiger partial charge on any atom is -0.462 e. The van der Waals surface area contributed by atoms with Gasteiger partial charge < -0.3 is 4.74 Å². The number of rotatable bonds is 3. The zero-order valence-corrected chi connectivity index (χ0v) is 11.9. The highest BCUT2D eigenvalue weighted by Crippen LogP contribution is 2.33. The first kappa shape index (κ1) is 14.3. The number of pyridine rings is 1. The van der Waals surface area contributed by atoms with E-state index in [1.807, 2.05) is 0 Å². The van der Waals surface area contributed by atoms with Crippen molar-refractivity contribution >= 4 is 45.8 Å². The average molecular weight is 312 g/mol. The van der Waals surface area contributed by atoms with Crippen LogP contribution >= 0.6 is 23.2 Å². The lowest BCUT2D eigenvalue weighted by Gasteiger charge is -2.09. The Kier molecular flexibility index (Phi) is 4.23. The molecular formula is C12H9Cl2N4O2+. The van der Waals surface area contributed by atoms with Crippen molar-refractivity contribution in [1.29, 1.82) is 5.39 Å². The van der Waals surface area contributed by atoms with Crippen LogP contribution in [0.25, 0.3) is 16.0 Å². The Balaban J connectivity index is 2.78. The summed E-state index contributed by atoms with van der Waals surface area (Å²) >= 11 is 11.9. The zero-order chi connectivity index (χ0) is 14.7. The molecule has 0 aliphatic heterocycles. The second-order valence-electron chi connectivity index (χ2n) is 3.75. The fraction of sp³-hybridized carbons (Fsp3) is 0.167. The Labute approximate surface area is 124 Å². The van der Waals surface area contributed by atoms with E-state index < -0.39 is 5.97 Å². The van der Waals surface area contributed by atoms with Gasteiger partial charge in [-0.1, -0.05) is 23.2 Å².